The number of rotatable bonds is 6. The van der Waals surface area contributed by atoms with E-state index in [-0.39, 0.29) is 5.56 Å². The van der Waals surface area contributed by atoms with E-state index in [2.05, 4.69) is 5.32 Å². The van der Waals surface area contributed by atoms with Gasteiger partial charge in [0.1, 0.15) is 6.04 Å². The number of esters is 1. The highest BCUT2D eigenvalue weighted by molar-refractivity contribution is 5.77. The van der Waals surface area contributed by atoms with Gasteiger partial charge in [0.05, 0.1) is 7.11 Å². The quantitative estimate of drug-likeness (QED) is 0.796. The lowest BCUT2D eigenvalue weighted by Crippen LogP contribution is -2.30. The molecule has 1 aromatic rings. The van der Waals surface area contributed by atoms with Gasteiger partial charge in [0.25, 0.3) is 6.43 Å². The van der Waals surface area contributed by atoms with E-state index in [1.807, 2.05) is 6.92 Å². The van der Waals surface area contributed by atoms with Crippen molar-refractivity contribution in [2.45, 2.75) is 25.8 Å². The van der Waals surface area contributed by atoms with Gasteiger partial charge in [-0.2, -0.15) is 0 Å². The predicted molar refractivity (Wildman–Crippen MR) is 64.4 cm³/mol. The SMILES string of the molecule is CCCNC(C(=O)OC)c1ccc(C(F)F)cc1. The molecule has 0 spiro atoms. The average Bonchev–Trinajstić information content (AvgIpc) is 2.39. The molecule has 0 aromatic heterocycles. The third-order valence-corrected chi connectivity index (χ3v) is 2.56. The molecule has 0 saturated heterocycles. The average molecular weight is 257 g/mol. The van der Waals surface area contributed by atoms with Crippen molar-refractivity contribution in [2.75, 3.05) is 13.7 Å². The Bertz CT molecular complexity index is 379. The Balaban J connectivity index is 2.87. The van der Waals surface area contributed by atoms with E-state index in [1.54, 1.807) is 0 Å². The molecule has 0 aliphatic rings. The molecule has 0 amide bonds. The standard InChI is InChI=1S/C13H17F2NO2/c1-3-8-16-11(13(17)18-2)9-4-6-10(7-5-9)12(14)15/h4-7,11-12,16H,3,8H2,1-2H3. The summed E-state index contributed by atoms with van der Waals surface area (Å²) in [5.41, 5.74) is 0.567. The van der Waals surface area contributed by atoms with Gasteiger partial charge in [0.15, 0.2) is 0 Å². The summed E-state index contributed by atoms with van der Waals surface area (Å²) in [6, 6.07) is 5.08. The van der Waals surface area contributed by atoms with Crippen LogP contribution in [0.15, 0.2) is 24.3 Å². The molecule has 0 heterocycles. The first-order chi connectivity index (χ1) is 8.60. The van der Waals surface area contributed by atoms with Crippen molar-refractivity contribution >= 4 is 5.97 Å². The van der Waals surface area contributed by atoms with Crippen LogP contribution < -0.4 is 5.32 Å². The number of hydrogen-bond donors (Lipinski definition) is 1. The van der Waals surface area contributed by atoms with Crippen LogP contribution in [0.2, 0.25) is 0 Å². The molecule has 0 aliphatic carbocycles. The molecule has 0 bridgehead atoms. The highest BCUT2D eigenvalue weighted by atomic mass is 19.3. The van der Waals surface area contributed by atoms with Crippen LogP contribution in [0.5, 0.6) is 0 Å². The van der Waals surface area contributed by atoms with Gasteiger partial charge >= 0.3 is 5.97 Å². The fourth-order valence-corrected chi connectivity index (χ4v) is 1.58. The lowest BCUT2D eigenvalue weighted by Gasteiger charge is -2.16. The molecule has 0 aliphatic heterocycles. The molecule has 100 valence electrons. The Kier molecular flexibility index (Phi) is 5.71. The number of nitrogens with one attached hydrogen (secondary N) is 1. The zero-order valence-electron chi connectivity index (χ0n) is 10.5. The van der Waals surface area contributed by atoms with Gasteiger partial charge in [0.2, 0.25) is 0 Å². The van der Waals surface area contributed by atoms with Crippen LogP contribution >= 0.6 is 0 Å². The summed E-state index contributed by atoms with van der Waals surface area (Å²) >= 11 is 0. The monoisotopic (exact) mass is 257 g/mol. The largest absolute Gasteiger partial charge is 0.468 e. The highest BCUT2D eigenvalue weighted by Gasteiger charge is 2.20. The number of benzene rings is 1. The predicted octanol–water partition coefficient (Wildman–Crippen LogP) is 2.84. The fraction of sp³-hybridized carbons (Fsp3) is 0.462. The molecule has 1 atom stereocenters. The molecule has 5 heteroatoms. The van der Waals surface area contributed by atoms with E-state index in [0.29, 0.717) is 12.1 Å². The van der Waals surface area contributed by atoms with Crippen LogP contribution in [-0.4, -0.2) is 19.6 Å². The van der Waals surface area contributed by atoms with Gasteiger partial charge in [-0.25, -0.2) is 13.6 Å². The topological polar surface area (TPSA) is 38.3 Å². The maximum Gasteiger partial charge on any atom is 0.327 e. The highest BCUT2D eigenvalue weighted by Crippen LogP contribution is 2.21. The number of halogens is 2. The van der Waals surface area contributed by atoms with Crippen molar-refractivity contribution in [3.8, 4) is 0 Å². The molecule has 1 unspecified atom stereocenters. The van der Waals surface area contributed by atoms with Crippen molar-refractivity contribution in [3.63, 3.8) is 0 Å². The second-order valence-corrected chi connectivity index (χ2v) is 3.88. The van der Waals surface area contributed by atoms with Gasteiger partial charge < -0.3 is 10.1 Å². The number of methoxy groups -OCH3 is 1. The van der Waals surface area contributed by atoms with Crippen molar-refractivity contribution in [1.82, 2.24) is 5.32 Å². The number of ether oxygens (including phenoxy) is 1. The minimum absolute atomic E-state index is 0.0575. The molecule has 1 rings (SSSR count). The van der Waals surface area contributed by atoms with Crippen molar-refractivity contribution in [3.05, 3.63) is 35.4 Å². The fourth-order valence-electron chi connectivity index (χ4n) is 1.58. The first-order valence-corrected chi connectivity index (χ1v) is 5.79. The summed E-state index contributed by atoms with van der Waals surface area (Å²) in [6.45, 7) is 2.62. The van der Waals surface area contributed by atoms with Gasteiger partial charge in [0, 0.05) is 5.56 Å². The normalized spacial score (nSPS) is 12.5. The smallest absolute Gasteiger partial charge is 0.327 e. The first-order valence-electron chi connectivity index (χ1n) is 5.79. The van der Waals surface area contributed by atoms with Crippen LogP contribution in [0.25, 0.3) is 0 Å². The zero-order chi connectivity index (χ0) is 13.5. The maximum absolute atomic E-state index is 12.4. The Morgan fingerprint density at radius 3 is 2.28 bits per heavy atom. The Hall–Kier alpha value is -1.49. The second-order valence-electron chi connectivity index (χ2n) is 3.88. The molecule has 0 fully saturated rings. The molecule has 0 radical (unpaired) electrons. The molecule has 1 aromatic carbocycles. The van der Waals surface area contributed by atoms with E-state index in [9.17, 15) is 13.6 Å². The van der Waals surface area contributed by atoms with Crippen LogP contribution in [0, 0.1) is 0 Å². The molecular formula is C13H17F2NO2. The molecular weight excluding hydrogens is 240 g/mol. The van der Waals surface area contributed by atoms with Gasteiger partial charge in [-0.1, -0.05) is 31.2 Å². The minimum Gasteiger partial charge on any atom is -0.468 e. The molecule has 18 heavy (non-hydrogen) atoms. The van der Waals surface area contributed by atoms with Crippen molar-refractivity contribution < 1.29 is 18.3 Å². The van der Waals surface area contributed by atoms with Crippen LogP contribution in [0.1, 0.15) is 36.9 Å². The van der Waals surface area contributed by atoms with E-state index >= 15 is 0 Å². The van der Waals surface area contributed by atoms with Gasteiger partial charge in [-0.3, -0.25) is 0 Å². The van der Waals surface area contributed by atoms with Gasteiger partial charge in [-0.05, 0) is 18.5 Å². The first kappa shape index (κ1) is 14.6. The maximum atomic E-state index is 12.4. The summed E-state index contributed by atoms with van der Waals surface area (Å²) < 4.78 is 29.5. The summed E-state index contributed by atoms with van der Waals surface area (Å²) in [6.07, 6.45) is -1.64. The third kappa shape index (κ3) is 3.77. The summed E-state index contributed by atoms with van der Waals surface area (Å²) in [5.74, 6) is -0.423. The Morgan fingerprint density at radius 1 is 1.28 bits per heavy atom. The van der Waals surface area contributed by atoms with E-state index in [4.69, 9.17) is 4.74 Å². The van der Waals surface area contributed by atoms with Crippen LogP contribution in [-0.2, 0) is 9.53 Å². The van der Waals surface area contributed by atoms with Crippen molar-refractivity contribution in [2.24, 2.45) is 0 Å². The number of carbonyl (C=O) groups is 1. The summed E-state index contributed by atoms with van der Waals surface area (Å²) in [4.78, 5) is 11.6. The molecule has 0 saturated carbocycles. The van der Waals surface area contributed by atoms with E-state index in [0.717, 1.165) is 6.42 Å². The molecule has 1 N–H and O–H groups in total. The Morgan fingerprint density at radius 2 is 1.83 bits per heavy atom. The van der Waals surface area contributed by atoms with Crippen LogP contribution in [0.3, 0.4) is 0 Å². The van der Waals surface area contributed by atoms with Crippen molar-refractivity contribution in [1.29, 1.82) is 0 Å². The van der Waals surface area contributed by atoms with E-state index < -0.39 is 18.4 Å². The number of alkyl halides is 2. The Labute approximate surface area is 105 Å². The number of carbonyl (C=O) groups excluding carboxylic acids is 1. The lowest BCUT2D eigenvalue weighted by atomic mass is 10.0. The third-order valence-electron chi connectivity index (χ3n) is 2.56. The summed E-state index contributed by atoms with van der Waals surface area (Å²) in [5, 5.41) is 3.02. The van der Waals surface area contributed by atoms with Crippen LogP contribution in [0.4, 0.5) is 8.78 Å². The van der Waals surface area contributed by atoms with E-state index in [1.165, 1.54) is 31.4 Å². The second kappa shape index (κ2) is 7.06. The number of hydrogen-bond acceptors (Lipinski definition) is 3. The lowest BCUT2D eigenvalue weighted by molar-refractivity contribution is -0.143. The zero-order valence-corrected chi connectivity index (χ0v) is 10.5. The minimum atomic E-state index is -2.50. The van der Waals surface area contributed by atoms with Gasteiger partial charge in [-0.15, -0.1) is 0 Å². The summed E-state index contributed by atoms with van der Waals surface area (Å²) in [7, 11) is 1.30. The molecule has 3 nitrogen and oxygen atoms in total.